The summed E-state index contributed by atoms with van der Waals surface area (Å²) in [4.78, 5) is 14.4. The van der Waals surface area contributed by atoms with Crippen LogP contribution in [0.1, 0.15) is 46.4 Å². The van der Waals surface area contributed by atoms with Gasteiger partial charge in [0.1, 0.15) is 28.8 Å². The third-order valence-corrected chi connectivity index (χ3v) is 6.75. The molecule has 2 heterocycles. The minimum absolute atomic E-state index is 0.0124. The zero-order chi connectivity index (χ0) is 24.6. The molecule has 3 aromatic rings. The highest BCUT2D eigenvalue weighted by Crippen LogP contribution is 2.47. The standard InChI is InChI=1S/C27H28FNO4S/c1-15-13-27(3,4)29-20-12-22(32-6)25(18-9-8-17(28)11-21(18)31-5)19(24(15)20)14-33-26(30)23-10-7-16(2)34-23/h7-13,29H,14H2,1-6H3. The molecule has 0 spiro atoms. The van der Waals surface area contributed by atoms with Gasteiger partial charge in [-0.3, -0.25) is 0 Å². The number of carbonyl (C=O) groups is 1. The van der Waals surface area contributed by atoms with Gasteiger partial charge in [0.25, 0.3) is 0 Å². The third-order valence-electron chi connectivity index (χ3n) is 5.77. The van der Waals surface area contributed by atoms with Crippen molar-refractivity contribution in [3.8, 4) is 22.6 Å². The second-order valence-corrected chi connectivity index (χ2v) is 10.1. The number of allylic oxidation sites excluding steroid dienone is 1. The predicted molar refractivity (Wildman–Crippen MR) is 134 cm³/mol. The zero-order valence-corrected chi connectivity index (χ0v) is 21.0. The van der Waals surface area contributed by atoms with E-state index in [9.17, 15) is 9.18 Å². The highest BCUT2D eigenvalue weighted by atomic mass is 32.1. The van der Waals surface area contributed by atoms with Crippen LogP contribution in [0.4, 0.5) is 10.1 Å². The molecule has 34 heavy (non-hydrogen) atoms. The maximum absolute atomic E-state index is 14.0. The van der Waals surface area contributed by atoms with Gasteiger partial charge in [-0.15, -0.1) is 11.3 Å². The van der Waals surface area contributed by atoms with E-state index in [0.29, 0.717) is 27.5 Å². The molecule has 0 fully saturated rings. The summed E-state index contributed by atoms with van der Waals surface area (Å²) in [6, 6.07) is 9.96. The lowest BCUT2D eigenvalue weighted by molar-refractivity contribution is 0.0478. The second kappa shape index (κ2) is 9.14. The molecule has 0 saturated carbocycles. The van der Waals surface area contributed by atoms with Crippen molar-refractivity contribution < 1.29 is 23.4 Å². The molecule has 0 bridgehead atoms. The lowest BCUT2D eigenvalue weighted by atomic mass is 9.84. The molecule has 2 aromatic carbocycles. The first-order valence-corrected chi connectivity index (χ1v) is 11.7. The lowest BCUT2D eigenvalue weighted by Crippen LogP contribution is -2.32. The van der Waals surface area contributed by atoms with Crippen LogP contribution in [0.15, 0.2) is 42.5 Å². The number of hydrogen-bond acceptors (Lipinski definition) is 6. The average molecular weight is 482 g/mol. The Balaban J connectivity index is 1.91. The summed E-state index contributed by atoms with van der Waals surface area (Å²) in [7, 11) is 3.08. The van der Waals surface area contributed by atoms with Crippen molar-refractivity contribution in [1.82, 2.24) is 0 Å². The van der Waals surface area contributed by atoms with Crippen molar-refractivity contribution >= 4 is 28.6 Å². The summed E-state index contributed by atoms with van der Waals surface area (Å²) in [5.41, 5.74) is 4.70. The fraction of sp³-hybridized carbons (Fsp3) is 0.296. The van der Waals surface area contributed by atoms with E-state index >= 15 is 0 Å². The van der Waals surface area contributed by atoms with Crippen molar-refractivity contribution in [3.63, 3.8) is 0 Å². The Kier molecular flexibility index (Phi) is 6.41. The molecule has 178 valence electrons. The molecule has 4 rings (SSSR count). The molecule has 1 aliphatic rings. The highest BCUT2D eigenvalue weighted by Gasteiger charge is 2.30. The molecule has 1 aliphatic heterocycles. The quantitative estimate of drug-likeness (QED) is 0.391. The van der Waals surface area contributed by atoms with Crippen LogP contribution in [0.5, 0.6) is 11.5 Å². The van der Waals surface area contributed by atoms with E-state index in [1.165, 1.54) is 30.6 Å². The number of halogens is 1. The molecule has 0 amide bonds. The van der Waals surface area contributed by atoms with E-state index < -0.39 is 11.8 Å². The summed E-state index contributed by atoms with van der Waals surface area (Å²) in [5.74, 6) is 0.139. The van der Waals surface area contributed by atoms with Gasteiger partial charge in [-0.25, -0.2) is 9.18 Å². The van der Waals surface area contributed by atoms with Crippen LogP contribution >= 0.6 is 11.3 Å². The summed E-state index contributed by atoms with van der Waals surface area (Å²) >= 11 is 1.39. The van der Waals surface area contributed by atoms with Gasteiger partial charge in [-0.05, 0) is 57.5 Å². The van der Waals surface area contributed by atoms with Gasteiger partial charge in [0.15, 0.2) is 0 Å². The number of methoxy groups -OCH3 is 2. The first-order valence-electron chi connectivity index (χ1n) is 10.9. The zero-order valence-electron chi connectivity index (χ0n) is 20.2. The molecule has 0 unspecified atom stereocenters. The number of carbonyl (C=O) groups excluding carboxylic acids is 1. The molecule has 0 radical (unpaired) electrons. The number of anilines is 1. The SMILES string of the molecule is COc1cc(F)ccc1-c1c(OC)cc2c(c1COC(=O)c1ccc(C)s1)C(C)=CC(C)(C)N2. The predicted octanol–water partition coefficient (Wildman–Crippen LogP) is 6.84. The topological polar surface area (TPSA) is 56.8 Å². The number of nitrogens with one attached hydrogen (secondary N) is 1. The van der Waals surface area contributed by atoms with Gasteiger partial charge in [-0.2, -0.15) is 0 Å². The van der Waals surface area contributed by atoms with Crippen molar-refractivity contribution in [1.29, 1.82) is 0 Å². The molecule has 0 atom stereocenters. The number of fused-ring (bicyclic) bond motifs is 1. The van der Waals surface area contributed by atoms with E-state index in [1.807, 2.05) is 26.0 Å². The largest absolute Gasteiger partial charge is 0.496 e. The van der Waals surface area contributed by atoms with Crippen LogP contribution in [-0.2, 0) is 11.3 Å². The van der Waals surface area contributed by atoms with Crippen LogP contribution in [0, 0.1) is 12.7 Å². The van der Waals surface area contributed by atoms with Crippen molar-refractivity contribution in [3.05, 3.63) is 69.2 Å². The molecule has 7 heteroatoms. The molecule has 5 nitrogen and oxygen atoms in total. The number of hydrogen-bond donors (Lipinski definition) is 1. The summed E-state index contributed by atoms with van der Waals surface area (Å²) in [6.45, 7) is 8.16. The average Bonchev–Trinajstić information content (AvgIpc) is 3.22. The molecular weight excluding hydrogens is 453 g/mol. The molecular formula is C27H28FNO4S. The van der Waals surface area contributed by atoms with Gasteiger partial charge < -0.3 is 19.5 Å². The Hall–Kier alpha value is -3.32. The normalized spacial score (nSPS) is 14.0. The van der Waals surface area contributed by atoms with E-state index in [0.717, 1.165) is 27.3 Å². The van der Waals surface area contributed by atoms with Crippen molar-refractivity contribution in [2.45, 2.75) is 39.8 Å². The molecule has 0 saturated heterocycles. The van der Waals surface area contributed by atoms with Crippen molar-refractivity contribution in [2.75, 3.05) is 19.5 Å². The van der Waals surface area contributed by atoms with E-state index in [2.05, 4.69) is 25.2 Å². The Morgan fingerprint density at radius 1 is 1.03 bits per heavy atom. The Labute approximate surface area is 203 Å². The highest BCUT2D eigenvalue weighted by molar-refractivity contribution is 7.13. The number of aryl methyl sites for hydroxylation is 1. The third kappa shape index (κ3) is 4.53. The smallest absolute Gasteiger partial charge is 0.348 e. The number of rotatable bonds is 6. The van der Waals surface area contributed by atoms with Gasteiger partial charge in [0, 0.05) is 45.0 Å². The summed E-state index contributed by atoms with van der Waals surface area (Å²) in [5, 5.41) is 3.53. The monoisotopic (exact) mass is 481 g/mol. The number of ether oxygens (including phenoxy) is 3. The van der Waals surface area contributed by atoms with Crippen LogP contribution in [0.2, 0.25) is 0 Å². The van der Waals surface area contributed by atoms with Crippen molar-refractivity contribution in [2.24, 2.45) is 0 Å². The van der Waals surface area contributed by atoms with Crippen LogP contribution in [0.3, 0.4) is 0 Å². The molecule has 0 aliphatic carbocycles. The number of benzene rings is 2. The minimum Gasteiger partial charge on any atom is -0.496 e. The van der Waals surface area contributed by atoms with Crippen LogP contribution in [0.25, 0.3) is 16.7 Å². The fourth-order valence-electron chi connectivity index (χ4n) is 4.48. The maximum Gasteiger partial charge on any atom is 0.348 e. The first-order chi connectivity index (χ1) is 16.1. The van der Waals surface area contributed by atoms with Gasteiger partial charge >= 0.3 is 5.97 Å². The van der Waals surface area contributed by atoms with Gasteiger partial charge in [0.05, 0.1) is 19.8 Å². The number of thiophene rings is 1. The van der Waals surface area contributed by atoms with Gasteiger partial charge in [0.2, 0.25) is 0 Å². The minimum atomic E-state index is -0.405. The summed E-state index contributed by atoms with van der Waals surface area (Å²) in [6.07, 6.45) is 2.14. The van der Waals surface area contributed by atoms with Crippen LogP contribution in [-0.4, -0.2) is 25.7 Å². The Bertz CT molecular complexity index is 1290. The van der Waals surface area contributed by atoms with E-state index in [4.69, 9.17) is 14.2 Å². The number of esters is 1. The first kappa shape index (κ1) is 23.8. The summed E-state index contributed by atoms with van der Waals surface area (Å²) < 4.78 is 31.1. The van der Waals surface area contributed by atoms with E-state index in [-0.39, 0.29) is 12.1 Å². The Morgan fingerprint density at radius 3 is 2.41 bits per heavy atom. The van der Waals surface area contributed by atoms with Gasteiger partial charge in [-0.1, -0.05) is 6.08 Å². The second-order valence-electron chi connectivity index (χ2n) is 8.86. The maximum atomic E-state index is 14.0. The van der Waals surface area contributed by atoms with Crippen LogP contribution < -0.4 is 14.8 Å². The fourth-order valence-corrected chi connectivity index (χ4v) is 5.24. The lowest BCUT2D eigenvalue weighted by Gasteiger charge is -2.34. The molecule has 1 N–H and O–H groups in total. The molecule has 1 aromatic heterocycles. The van der Waals surface area contributed by atoms with E-state index in [1.54, 1.807) is 19.2 Å². The Morgan fingerprint density at radius 2 is 1.76 bits per heavy atom.